The molecule has 0 radical (unpaired) electrons. The van der Waals surface area contributed by atoms with Gasteiger partial charge in [0.15, 0.2) is 11.5 Å². The fourth-order valence-corrected chi connectivity index (χ4v) is 3.60. The number of carbonyl (C=O) groups is 2. The summed E-state index contributed by atoms with van der Waals surface area (Å²) in [6, 6.07) is 11.6. The van der Waals surface area contributed by atoms with Crippen molar-refractivity contribution in [2.45, 2.75) is 20.5 Å². The third kappa shape index (κ3) is 4.36. The van der Waals surface area contributed by atoms with Gasteiger partial charge < -0.3 is 9.47 Å². The lowest BCUT2D eigenvalue weighted by atomic mass is 10.1. The Morgan fingerprint density at radius 2 is 1.86 bits per heavy atom. The van der Waals surface area contributed by atoms with Crippen molar-refractivity contribution in [3.63, 3.8) is 0 Å². The van der Waals surface area contributed by atoms with Crippen molar-refractivity contribution in [2.24, 2.45) is 0 Å². The minimum Gasteiger partial charge on any atom is -0.490 e. The molecule has 146 valence electrons. The lowest BCUT2D eigenvalue weighted by Crippen LogP contribution is -2.27. The molecule has 0 saturated carbocycles. The van der Waals surface area contributed by atoms with Crippen LogP contribution in [0.1, 0.15) is 25.0 Å². The second kappa shape index (κ2) is 8.93. The lowest BCUT2D eigenvalue weighted by molar-refractivity contribution is -0.122. The summed E-state index contributed by atoms with van der Waals surface area (Å²) in [5.74, 6) is 0.338. The summed E-state index contributed by atoms with van der Waals surface area (Å²) in [4.78, 5) is 25.7. The summed E-state index contributed by atoms with van der Waals surface area (Å²) in [7, 11) is 0. The van der Waals surface area contributed by atoms with Crippen molar-refractivity contribution in [3.05, 3.63) is 64.3 Å². The highest BCUT2D eigenvalue weighted by Gasteiger charge is 2.33. The Bertz CT molecular complexity index is 928. The second-order valence-corrected chi connectivity index (χ2v) is 6.94. The fourth-order valence-electron chi connectivity index (χ4n) is 2.70. The monoisotopic (exact) mass is 401 g/mol. The number of nitrogens with zero attached hydrogens (tertiary/aromatic N) is 1. The van der Waals surface area contributed by atoms with Crippen LogP contribution in [0.2, 0.25) is 0 Å². The van der Waals surface area contributed by atoms with Gasteiger partial charge in [-0.2, -0.15) is 0 Å². The molecule has 0 aliphatic carbocycles. The number of imide groups is 1. The highest BCUT2D eigenvalue weighted by atomic mass is 32.2. The van der Waals surface area contributed by atoms with Crippen LogP contribution in [-0.4, -0.2) is 29.2 Å². The SMILES string of the molecule is CCOc1cc(/C=C2\SC(=O)N(CC)C2=O)ccc1OCc1ccccc1F. The third-order valence-electron chi connectivity index (χ3n) is 4.10. The van der Waals surface area contributed by atoms with Crippen LogP contribution >= 0.6 is 11.8 Å². The van der Waals surface area contributed by atoms with Crippen LogP contribution in [0.5, 0.6) is 11.5 Å². The summed E-state index contributed by atoms with van der Waals surface area (Å²) in [5.41, 5.74) is 1.16. The number of amides is 2. The van der Waals surface area contributed by atoms with Crippen molar-refractivity contribution in [2.75, 3.05) is 13.2 Å². The number of rotatable bonds is 7. The summed E-state index contributed by atoms with van der Waals surface area (Å²) >= 11 is 0.919. The molecule has 28 heavy (non-hydrogen) atoms. The maximum absolute atomic E-state index is 13.8. The molecule has 0 aromatic heterocycles. The van der Waals surface area contributed by atoms with E-state index in [1.165, 1.54) is 11.0 Å². The molecular weight excluding hydrogens is 381 g/mol. The molecule has 0 spiro atoms. The summed E-state index contributed by atoms with van der Waals surface area (Å²) in [6.45, 7) is 4.44. The minimum absolute atomic E-state index is 0.0709. The third-order valence-corrected chi connectivity index (χ3v) is 5.00. The minimum atomic E-state index is -0.330. The van der Waals surface area contributed by atoms with Crippen molar-refractivity contribution in [1.82, 2.24) is 4.90 Å². The van der Waals surface area contributed by atoms with Gasteiger partial charge in [0.2, 0.25) is 0 Å². The van der Waals surface area contributed by atoms with Crippen molar-refractivity contribution < 1.29 is 23.5 Å². The van der Waals surface area contributed by atoms with Gasteiger partial charge >= 0.3 is 0 Å². The first kappa shape index (κ1) is 19.9. The van der Waals surface area contributed by atoms with Crippen LogP contribution in [-0.2, 0) is 11.4 Å². The highest BCUT2D eigenvalue weighted by molar-refractivity contribution is 8.18. The van der Waals surface area contributed by atoms with Gasteiger partial charge in [0.1, 0.15) is 12.4 Å². The van der Waals surface area contributed by atoms with E-state index in [9.17, 15) is 14.0 Å². The first-order valence-electron chi connectivity index (χ1n) is 8.92. The fraction of sp³-hybridized carbons (Fsp3) is 0.238. The maximum atomic E-state index is 13.8. The van der Waals surface area contributed by atoms with Gasteiger partial charge in [-0.3, -0.25) is 14.5 Å². The Hall–Kier alpha value is -2.80. The Morgan fingerprint density at radius 3 is 2.54 bits per heavy atom. The second-order valence-electron chi connectivity index (χ2n) is 5.95. The standard InChI is InChI=1S/C21H20FNO4S/c1-3-23-20(24)19(28-21(23)25)12-14-9-10-17(18(11-14)26-4-2)27-13-15-7-5-6-8-16(15)22/h5-12H,3-4,13H2,1-2H3/b19-12-. The Labute approximate surface area is 167 Å². The molecule has 1 fully saturated rings. The van der Waals surface area contributed by atoms with Gasteiger partial charge in [-0.15, -0.1) is 0 Å². The molecule has 1 saturated heterocycles. The smallest absolute Gasteiger partial charge is 0.293 e. The largest absolute Gasteiger partial charge is 0.490 e. The quantitative estimate of drug-likeness (QED) is 0.620. The van der Waals surface area contributed by atoms with Crippen molar-refractivity contribution in [3.8, 4) is 11.5 Å². The molecule has 0 atom stereocenters. The molecule has 1 aliphatic rings. The van der Waals surface area contributed by atoms with Crippen LogP contribution in [0, 0.1) is 5.82 Å². The normalized spacial score (nSPS) is 15.4. The Morgan fingerprint density at radius 1 is 1.07 bits per heavy atom. The lowest BCUT2D eigenvalue weighted by Gasteiger charge is -2.13. The van der Waals surface area contributed by atoms with E-state index in [-0.39, 0.29) is 23.6 Å². The molecule has 5 nitrogen and oxygen atoms in total. The Balaban J connectivity index is 1.81. The average Bonchev–Trinajstić information content (AvgIpc) is 2.95. The molecule has 0 unspecified atom stereocenters. The molecule has 2 amide bonds. The zero-order valence-corrected chi connectivity index (χ0v) is 16.4. The number of halogens is 1. The van der Waals surface area contributed by atoms with Crippen LogP contribution in [0.15, 0.2) is 47.4 Å². The molecular formula is C21H20FNO4S. The summed E-state index contributed by atoms with van der Waals surface area (Å²) in [6.07, 6.45) is 1.66. The topological polar surface area (TPSA) is 55.8 Å². The maximum Gasteiger partial charge on any atom is 0.293 e. The van der Waals surface area contributed by atoms with E-state index >= 15 is 0 Å². The van der Waals surface area contributed by atoms with Crippen LogP contribution < -0.4 is 9.47 Å². The zero-order chi connectivity index (χ0) is 20.1. The molecule has 7 heteroatoms. The molecule has 0 bridgehead atoms. The van der Waals surface area contributed by atoms with Gasteiger partial charge in [-0.25, -0.2) is 4.39 Å². The van der Waals surface area contributed by atoms with E-state index in [0.29, 0.717) is 40.7 Å². The number of hydrogen-bond donors (Lipinski definition) is 0. The average molecular weight is 401 g/mol. The molecule has 2 aromatic carbocycles. The van der Waals surface area contributed by atoms with Crippen LogP contribution in [0.3, 0.4) is 0 Å². The number of carbonyl (C=O) groups excluding carboxylic acids is 2. The number of hydrogen-bond acceptors (Lipinski definition) is 5. The molecule has 2 aromatic rings. The van der Waals surface area contributed by atoms with E-state index in [1.807, 2.05) is 6.92 Å². The van der Waals surface area contributed by atoms with Crippen LogP contribution in [0.25, 0.3) is 6.08 Å². The van der Waals surface area contributed by atoms with E-state index < -0.39 is 0 Å². The van der Waals surface area contributed by atoms with E-state index in [0.717, 1.165) is 11.8 Å². The Kier molecular flexibility index (Phi) is 6.36. The van der Waals surface area contributed by atoms with Crippen molar-refractivity contribution in [1.29, 1.82) is 0 Å². The van der Waals surface area contributed by atoms with E-state index in [2.05, 4.69) is 0 Å². The number of likely N-dealkylation sites (N-methyl/N-ethyl adjacent to an activating group) is 1. The summed E-state index contributed by atoms with van der Waals surface area (Å²) < 4.78 is 25.1. The number of thioether (sulfide) groups is 1. The van der Waals surface area contributed by atoms with E-state index in [1.54, 1.807) is 49.4 Å². The van der Waals surface area contributed by atoms with Gasteiger partial charge in [0, 0.05) is 12.1 Å². The zero-order valence-electron chi connectivity index (χ0n) is 15.6. The number of ether oxygens (including phenoxy) is 2. The predicted molar refractivity (Wildman–Crippen MR) is 107 cm³/mol. The molecule has 0 N–H and O–H groups in total. The first-order chi connectivity index (χ1) is 13.5. The van der Waals surface area contributed by atoms with Gasteiger partial charge in [-0.05, 0) is 55.4 Å². The molecule has 1 heterocycles. The van der Waals surface area contributed by atoms with Crippen molar-refractivity contribution >= 4 is 29.0 Å². The highest BCUT2D eigenvalue weighted by Crippen LogP contribution is 2.34. The summed E-state index contributed by atoms with van der Waals surface area (Å²) in [5, 5.41) is -0.270. The number of benzene rings is 2. The van der Waals surface area contributed by atoms with E-state index in [4.69, 9.17) is 9.47 Å². The molecule has 1 aliphatic heterocycles. The van der Waals surface area contributed by atoms with Gasteiger partial charge in [0.25, 0.3) is 11.1 Å². The molecule has 3 rings (SSSR count). The predicted octanol–water partition coefficient (Wildman–Crippen LogP) is 4.86. The van der Waals surface area contributed by atoms with Gasteiger partial charge in [-0.1, -0.05) is 24.3 Å². The van der Waals surface area contributed by atoms with Gasteiger partial charge in [0.05, 0.1) is 11.5 Å². The first-order valence-corrected chi connectivity index (χ1v) is 9.73. The van der Waals surface area contributed by atoms with Crippen LogP contribution in [0.4, 0.5) is 9.18 Å².